The second-order valence-electron chi connectivity index (χ2n) is 4.47. The third-order valence-corrected chi connectivity index (χ3v) is 3.95. The van der Waals surface area contributed by atoms with Gasteiger partial charge in [-0.1, -0.05) is 29.8 Å². The fourth-order valence-electron chi connectivity index (χ4n) is 1.74. The zero-order chi connectivity index (χ0) is 9.68. The lowest BCUT2D eigenvalue weighted by Crippen LogP contribution is -2.23. The van der Waals surface area contributed by atoms with Gasteiger partial charge in [0.15, 0.2) is 0 Å². The average Bonchev–Trinajstić information content (AvgIpc) is 2.16. The van der Waals surface area contributed by atoms with Crippen molar-refractivity contribution in [2.24, 2.45) is 11.8 Å². The van der Waals surface area contributed by atoms with Crippen LogP contribution in [0.15, 0.2) is 0 Å². The lowest BCUT2D eigenvalue weighted by molar-refractivity contribution is 0.00695. The SMILES string of the molecule is CC1CCC(OCC(C)CBr)CC1. The summed E-state index contributed by atoms with van der Waals surface area (Å²) in [6.07, 6.45) is 5.81. The molecule has 0 aliphatic heterocycles. The lowest BCUT2D eigenvalue weighted by atomic mass is 9.89. The largest absolute Gasteiger partial charge is 0.378 e. The van der Waals surface area contributed by atoms with E-state index >= 15 is 0 Å². The van der Waals surface area contributed by atoms with Gasteiger partial charge >= 0.3 is 0 Å². The first-order chi connectivity index (χ1) is 6.22. The Bertz CT molecular complexity index is 130. The van der Waals surface area contributed by atoms with Gasteiger partial charge in [-0.3, -0.25) is 0 Å². The first kappa shape index (κ1) is 11.5. The molecule has 1 nitrogen and oxygen atoms in total. The molecule has 1 rings (SSSR count). The van der Waals surface area contributed by atoms with Crippen LogP contribution in [0.1, 0.15) is 39.5 Å². The minimum Gasteiger partial charge on any atom is -0.378 e. The fraction of sp³-hybridized carbons (Fsp3) is 1.00. The van der Waals surface area contributed by atoms with Crippen LogP contribution in [0.4, 0.5) is 0 Å². The molecular weight excluding hydrogens is 228 g/mol. The summed E-state index contributed by atoms with van der Waals surface area (Å²) in [5, 5.41) is 1.05. The zero-order valence-corrected chi connectivity index (χ0v) is 10.3. The Balaban J connectivity index is 2.08. The molecule has 0 aromatic carbocycles. The van der Waals surface area contributed by atoms with Crippen molar-refractivity contribution in [2.45, 2.75) is 45.6 Å². The van der Waals surface area contributed by atoms with E-state index in [1.54, 1.807) is 0 Å². The smallest absolute Gasteiger partial charge is 0.0575 e. The van der Waals surface area contributed by atoms with Gasteiger partial charge in [0.2, 0.25) is 0 Å². The highest BCUT2D eigenvalue weighted by Crippen LogP contribution is 2.25. The predicted octanol–water partition coefficient (Wildman–Crippen LogP) is 3.61. The van der Waals surface area contributed by atoms with Gasteiger partial charge in [-0.2, -0.15) is 0 Å². The number of hydrogen-bond donors (Lipinski definition) is 0. The molecule has 1 unspecified atom stereocenters. The Morgan fingerprint density at radius 2 is 1.92 bits per heavy atom. The Morgan fingerprint density at radius 3 is 2.46 bits per heavy atom. The number of hydrogen-bond acceptors (Lipinski definition) is 1. The maximum Gasteiger partial charge on any atom is 0.0575 e. The van der Waals surface area contributed by atoms with Crippen molar-refractivity contribution in [1.29, 1.82) is 0 Å². The van der Waals surface area contributed by atoms with E-state index in [0.29, 0.717) is 12.0 Å². The highest BCUT2D eigenvalue weighted by Gasteiger charge is 2.18. The molecule has 0 aromatic rings. The number of halogens is 1. The summed E-state index contributed by atoms with van der Waals surface area (Å²) in [4.78, 5) is 0. The molecule has 1 aliphatic carbocycles. The first-order valence-electron chi connectivity index (χ1n) is 5.40. The van der Waals surface area contributed by atoms with Crippen LogP contribution >= 0.6 is 15.9 Å². The fourth-order valence-corrected chi connectivity index (χ4v) is 1.93. The molecule has 0 heterocycles. The average molecular weight is 249 g/mol. The van der Waals surface area contributed by atoms with Gasteiger partial charge in [0.1, 0.15) is 0 Å². The highest BCUT2D eigenvalue weighted by atomic mass is 79.9. The summed E-state index contributed by atoms with van der Waals surface area (Å²) in [5.41, 5.74) is 0. The molecule has 0 N–H and O–H groups in total. The maximum absolute atomic E-state index is 5.85. The van der Waals surface area contributed by atoms with E-state index in [2.05, 4.69) is 29.8 Å². The summed E-state index contributed by atoms with van der Waals surface area (Å²) in [5.74, 6) is 1.58. The molecule has 0 saturated heterocycles. The standard InChI is InChI=1S/C11H21BrO/c1-9-3-5-11(6-4-9)13-8-10(2)7-12/h9-11H,3-8H2,1-2H3. The number of rotatable bonds is 4. The molecule has 1 fully saturated rings. The molecule has 0 radical (unpaired) electrons. The van der Waals surface area contributed by atoms with Crippen LogP contribution in [0.3, 0.4) is 0 Å². The Hall–Kier alpha value is 0.440. The van der Waals surface area contributed by atoms with Gasteiger partial charge in [0.25, 0.3) is 0 Å². The molecule has 1 aliphatic rings. The van der Waals surface area contributed by atoms with Crippen molar-refractivity contribution < 1.29 is 4.74 Å². The third-order valence-electron chi connectivity index (χ3n) is 2.84. The van der Waals surface area contributed by atoms with E-state index in [1.165, 1.54) is 25.7 Å². The molecule has 13 heavy (non-hydrogen) atoms. The van der Waals surface area contributed by atoms with Gasteiger partial charge in [-0.25, -0.2) is 0 Å². The molecule has 2 heteroatoms. The van der Waals surface area contributed by atoms with Crippen LogP contribution in [0.5, 0.6) is 0 Å². The summed E-state index contributed by atoms with van der Waals surface area (Å²) >= 11 is 3.47. The molecule has 78 valence electrons. The van der Waals surface area contributed by atoms with Crippen molar-refractivity contribution in [3.05, 3.63) is 0 Å². The summed E-state index contributed by atoms with van der Waals surface area (Å²) in [7, 11) is 0. The maximum atomic E-state index is 5.85. The minimum atomic E-state index is 0.553. The summed E-state index contributed by atoms with van der Waals surface area (Å²) in [6, 6.07) is 0. The van der Waals surface area contributed by atoms with Gasteiger partial charge in [0.05, 0.1) is 12.7 Å². The molecule has 0 bridgehead atoms. The lowest BCUT2D eigenvalue weighted by Gasteiger charge is -2.27. The topological polar surface area (TPSA) is 9.23 Å². The van der Waals surface area contributed by atoms with Crippen molar-refractivity contribution in [1.82, 2.24) is 0 Å². The quantitative estimate of drug-likeness (QED) is 0.691. The van der Waals surface area contributed by atoms with E-state index in [-0.39, 0.29) is 0 Å². The van der Waals surface area contributed by atoms with Crippen LogP contribution in [0, 0.1) is 11.8 Å². The second-order valence-corrected chi connectivity index (χ2v) is 5.12. The molecule has 0 spiro atoms. The van der Waals surface area contributed by atoms with Crippen LogP contribution < -0.4 is 0 Å². The van der Waals surface area contributed by atoms with Gasteiger partial charge in [0, 0.05) is 5.33 Å². The van der Waals surface area contributed by atoms with Gasteiger partial charge < -0.3 is 4.74 Å². The van der Waals surface area contributed by atoms with E-state index in [4.69, 9.17) is 4.74 Å². The summed E-state index contributed by atoms with van der Waals surface area (Å²) in [6.45, 7) is 5.49. The zero-order valence-electron chi connectivity index (χ0n) is 8.76. The molecular formula is C11H21BrO. The molecule has 0 amide bonds. The van der Waals surface area contributed by atoms with E-state index in [1.807, 2.05) is 0 Å². The van der Waals surface area contributed by atoms with E-state index in [9.17, 15) is 0 Å². The monoisotopic (exact) mass is 248 g/mol. The Kier molecular flexibility index (Phi) is 5.34. The van der Waals surface area contributed by atoms with Crippen molar-refractivity contribution in [3.63, 3.8) is 0 Å². The molecule has 1 saturated carbocycles. The van der Waals surface area contributed by atoms with Crippen molar-refractivity contribution in [3.8, 4) is 0 Å². The van der Waals surface area contributed by atoms with E-state index < -0.39 is 0 Å². The second kappa shape index (κ2) is 6.02. The van der Waals surface area contributed by atoms with Crippen LogP contribution in [-0.4, -0.2) is 18.0 Å². The van der Waals surface area contributed by atoms with Gasteiger partial charge in [-0.15, -0.1) is 0 Å². The molecule has 0 aromatic heterocycles. The Morgan fingerprint density at radius 1 is 1.31 bits per heavy atom. The number of alkyl halides is 1. The van der Waals surface area contributed by atoms with Crippen molar-refractivity contribution >= 4 is 15.9 Å². The van der Waals surface area contributed by atoms with Crippen LogP contribution in [-0.2, 0) is 4.74 Å². The summed E-state index contributed by atoms with van der Waals surface area (Å²) < 4.78 is 5.85. The Labute approximate surface area is 90.4 Å². The molecule has 1 atom stereocenters. The highest BCUT2D eigenvalue weighted by molar-refractivity contribution is 9.09. The van der Waals surface area contributed by atoms with Crippen molar-refractivity contribution in [2.75, 3.05) is 11.9 Å². The van der Waals surface area contributed by atoms with Crippen LogP contribution in [0.2, 0.25) is 0 Å². The number of ether oxygens (including phenoxy) is 1. The van der Waals surface area contributed by atoms with Gasteiger partial charge in [-0.05, 0) is 37.5 Å². The van der Waals surface area contributed by atoms with E-state index in [0.717, 1.165) is 17.9 Å². The minimum absolute atomic E-state index is 0.553. The third kappa shape index (κ3) is 4.46. The predicted molar refractivity (Wildman–Crippen MR) is 60.3 cm³/mol. The first-order valence-corrected chi connectivity index (χ1v) is 6.52. The van der Waals surface area contributed by atoms with Crippen LogP contribution in [0.25, 0.3) is 0 Å². The normalized spacial score (nSPS) is 31.6.